The SMILES string of the molecule is C.C.CC(=O)CC(C)=O.CN.CN.CN=C(C)CC(C)=NC. The predicted molar refractivity (Wildman–Crippen MR) is 102 cm³/mol. The molecule has 0 aliphatic heterocycles. The highest BCUT2D eigenvalue weighted by molar-refractivity contribution is 6.02. The zero-order valence-electron chi connectivity index (χ0n) is 14.3. The topological polar surface area (TPSA) is 111 Å². The van der Waals surface area contributed by atoms with Crippen molar-refractivity contribution in [1.82, 2.24) is 0 Å². The van der Waals surface area contributed by atoms with Crippen LogP contribution in [-0.2, 0) is 9.59 Å². The maximum absolute atomic E-state index is 10.0. The van der Waals surface area contributed by atoms with Gasteiger partial charge in [-0.1, -0.05) is 14.9 Å². The second-order valence-electron chi connectivity index (χ2n) is 3.68. The van der Waals surface area contributed by atoms with Crippen molar-refractivity contribution in [3.05, 3.63) is 0 Å². The number of rotatable bonds is 4. The maximum Gasteiger partial charge on any atom is 0.137 e. The Morgan fingerprint density at radius 3 is 1.00 bits per heavy atom. The minimum atomic E-state index is -0.0625. The highest BCUT2D eigenvalue weighted by atomic mass is 16.1. The maximum atomic E-state index is 10.0. The molecule has 0 atom stereocenters. The number of aliphatic imine (C=N–C) groups is 2. The predicted octanol–water partition coefficient (Wildman–Crippen LogP) is 2.53. The Balaban J connectivity index is -0.0000000446. The van der Waals surface area contributed by atoms with Gasteiger partial charge in [0.25, 0.3) is 0 Å². The molecular weight excluding hydrogens is 280 g/mol. The van der Waals surface area contributed by atoms with E-state index in [4.69, 9.17) is 0 Å². The first-order valence-electron chi connectivity index (χ1n) is 6.32. The summed E-state index contributed by atoms with van der Waals surface area (Å²) >= 11 is 0. The van der Waals surface area contributed by atoms with Gasteiger partial charge in [0.05, 0.1) is 6.42 Å². The Hall–Kier alpha value is -1.40. The summed E-state index contributed by atoms with van der Waals surface area (Å²) in [6, 6.07) is 0. The molecule has 6 nitrogen and oxygen atoms in total. The summed E-state index contributed by atoms with van der Waals surface area (Å²) in [6.45, 7) is 6.83. The van der Waals surface area contributed by atoms with E-state index in [0.717, 1.165) is 17.8 Å². The van der Waals surface area contributed by atoms with Crippen molar-refractivity contribution in [3.63, 3.8) is 0 Å². The van der Waals surface area contributed by atoms with Crippen LogP contribution < -0.4 is 11.5 Å². The van der Waals surface area contributed by atoms with E-state index < -0.39 is 0 Å². The first-order chi connectivity index (χ1) is 9.33. The summed E-state index contributed by atoms with van der Waals surface area (Å²) in [7, 11) is 6.61. The zero-order chi connectivity index (χ0) is 17.1. The zero-order valence-corrected chi connectivity index (χ0v) is 14.3. The van der Waals surface area contributed by atoms with E-state index in [1.165, 1.54) is 27.9 Å². The van der Waals surface area contributed by atoms with E-state index in [0.29, 0.717) is 0 Å². The Kier molecular flexibility index (Phi) is 53.7. The number of nitrogens with two attached hydrogens (primary N) is 2. The average molecular weight is 321 g/mol. The van der Waals surface area contributed by atoms with Crippen LogP contribution in [0.25, 0.3) is 0 Å². The fourth-order valence-electron chi connectivity index (χ4n) is 0.879. The van der Waals surface area contributed by atoms with Gasteiger partial charge in [0.15, 0.2) is 0 Å². The van der Waals surface area contributed by atoms with Crippen LogP contribution in [0.2, 0.25) is 0 Å². The smallest absolute Gasteiger partial charge is 0.137 e. The first-order valence-corrected chi connectivity index (χ1v) is 6.32. The fraction of sp³-hybridized carbons (Fsp3) is 0.750. The van der Waals surface area contributed by atoms with Gasteiger partial charge in [-0.15, -0.1) is 0 Å². The molecule has 0 heterocycles. The third kappa shape index (κ3) is 51.3. The number of hydrogen-bond acceptors (Lipinski definition) is 6. The molecule has 22 heavy (non-hydrogen) atoms. The quantitative estimate of drug-likeness (QED) is 0.612. The average Bonchev–Trinajstić information content (AvgIpc) is 2.42. The van der Waals surface area contributed by atoms with Gasteiger partial charge in [-0.2, -0.15) is 0 Å². The van der Waals surface area contributed by atoms with Gasteiger partial charge in [0, 0.05) is 31.9 Å². The summed E-state index contributed by atoms with van der Waals surface area (Å²) in [5.41, 5.74) is 11.3. The third-order valence-electron chi connectivity index (χ3n) is 1.77. The number of Topliss-reactive ketones (excluding diaryl/α,β-unsaturated/α-hetero) is 2. The summed E-state index contributed by atoms with van der Waals surface area (Å²) in [5.74, 6) is -0.125. The molecule has 0 fully saturated rings. The number of hydrogen-bond donors (Lipinski definition) is 2. The molecule has 6 heteroatoms. The highest BCUT2D eigenvalue weighted by Crippen LogP contribution is 1.88. The molecule has 0 amide bonds. The van der Waals surface area contributed by atoms with E-state index in [1.54, 1.807) is 14.1 Å². The van der Waals surface area contributed by atoms with E-state index in [-0.39, 0.29) is 32.8 Å². The molecular formula is C16H40N4O2. The van der Waals surface area contributed by atoms with E-state index in [2.05, 4.69) is 21.5 Å². The van der Waals surface area contributed by atoms with Crippen LogP contribution in [0.3, 0.4) is 0 Å². The van der Waals surface area contributed by atoms with Crippen LogP contribution in [0.1, 0.15) is 55.4 Å². The highest BCUT2D eigenvalue weighted by Gasteiger charge is 1.94. The number of nitrogens with zero attached hydrogens (tertiary/aromatic N) is 2. The van der Waals surface area contributed by atoms with Crippen LogP contribution in [0, 0.1) is 0 Å². The number of carbonyl (C=O) groups excluding carboxylic acids is 2. The monoisotopic (exact) mass is 320 g/mol. The van der Waals surface area contributed by atoms with Gasteiger partial charge in [-0.05, 0) is 41.8 Å². The lowest BCUT2D eigenvalue weighted by Crippen LogP contribution is -1.99. The van der Waals surface area contributed by atoms with Crippen molar-refractivity contribution in [1.29, 1.82) is 0 Å². The molecule has 0 saturated heterocycles. The first kappa shape index (κ1) is 37.1. The van der Waals surface area contributed by atoms with Crippen LogP contribution in [0.4, 0.5) is 0 Å². The van der Waals surface area contributed by atoms with Crippen LogP contribution >= 0.6 is 0 Å². The normalized spacial score (nSPS) is 9.00. The summed E-state index contributed by atoms with van der Waals surface area (Å²) in [5, 5.41) is 0. The lowest BCUT2D eigenvalue weighted by Gasteiger charge is -1.95. The number of ketones is 2. The van der Waals surface area contributed by atoms with Crippen molar-refractivity contribution in [2.45, 2.75) is 55.4 Å². The Bertz CT molecular complexity index is 271. The summed E-state index contributed by atoms with van der Waals surface area (Å²) in [4.78, 5) is 28.1. The Morgan fingerprint density at radius 1 is 0.682 bits per heavy atom. The molecule has 0 rings (SSSR count). The van der Waals surface area contributed by atoms with Gasteiger partial charge in [0.2, 0.25) is 0 Å². The second kappa shape index (κ2) is 31.8. The molecule has 4 N–H and O–H groups in total. The van der Waals surface area contributed by atoms with Crippen LogP contribution in [0.5, 0.6) is 0 Å². The Morgan fingerprint density at radius 2 is 0.909 bits per heavy atom. The van der Waals surface area contributed by atoms with Gasteiger partial charge in [0.1, 0.15) is 11.6 Å². The number of carbonyl (C=O) groups is 2. The molecule has 0 spiro atoms. The molecule has 0 saturated carbocycles. The molecule has 0 aromatic rings. The molecule has 0 unspecified atom stereocenters. The molecule has 136 valence electrons. The van der Waals surface area contributed by atoms with Gasteiger partial charge in [-0.3, -0.25) is 19.6 Å². The van der Waals surface area contributed by atoms with E-state index in [1.807, 2.05) is 13.8 Å². The molecule has 0 bridgehead atoms. The van der Waals surface area contributed by atoms with Crippen molar-refractivity contribution >= 4 is 23.0 Å². The van der Waals surface area contributed by atoms with E-state index in [9.17, 15) is 9.59 Å². The van der Waals surface area contributed by atoms with Gasteiger partial charge in [-0.25, -0.2) is 0 Å². The third-order valence-corrected chi connectivity index (χ3v) is 1.77. The molecule has 0 aliphatic carbocycles. The molecule has 0 radical (unpaired) electrons. The van der Waals surface area contributed by atoms with Crippen LogP contribution in [-0.4, -0.2) is 51.2 Å². The fourth-order valence-corrected chi connectivity index (χ4v) is 0.879. The summed E-state index contributed by atoms with van der Waals surface area (Å²) in [6.07, 6.45) is 0.993. The standard InChI is InChI=1S/C7H14N2.C5H8O2.2CH5N.2CH4/c1-6(8-3)5-7(2)9-4;1-4(6)3-5(2)7;2*1-2;;/h5H2,1-4H3;3H2,1-2H3;2*2H2,1H3;2*1H4. The minimum Gasteiger partial charge on any atom is -0.333 e. The second-order valence-corrected chi connectivity index (χ2v) is 3.68. The van der Waals surface area contributed by atoms with Crippen molar-refractivity contribution in [3.8, 4) is 0 Å². The van der Waals surface area contributed by atoms with Gasteiger partial charge < -0.3 is 11.5 Å². The molecule has 0 aromatic carbocycles. The molecule has 0 aromatic heterocycles. The Labute approximate surface area is 138 Å². The van der Waals surface area contributed by atoms with E-state index >= 15 is 0 Å². The van der Waals surface area contributed by atoms with Crippen molar-refractivity contribution in [2.24, 2.45) is 21.5 Å². The van der Waals surface area contributed by atoms with Crippen molar-refractivity contribution in [2.75, 3.05) is 28.2 Å². The minimum absolute atomic E-state index is 0. The largest absolute Gasteiger partial charge is 0.333 e. The van der Waals surface area contributed by atoms with Crippen molar-refractivity contribution < 1.29 is 9.59 Å². The lowest BCUT2D eigenvalue weighted by atomic mass is 10.2. The van der Waals surface area contributed by atoms with Crippen LogP contribution in [0.15, 0.2) is 9.98 Å². The molecule has 0 aliphatic rings. The lowest BCUT2D eigenvalue weighted by molar-refractivity contribution is -0.124. The summed E-state index contributed by atoms with van der Waals surface area (Å²) < 4.78 is 0. The van der Waals surface area contributed by atoms with Gasteiger partial charge >= 0.3 is 0 Å².